The fraction of sp³-hybridized carbons (Fsp3) is 0.412. The van der Waals surface area contributed by atoms with E-state index in [1.54, 1.807) is 30.3 Å². The van der Waals surface area contributed by atoms with Crippen molar-refractivity contribution in [1.82, 2.24) is 9.55 Å². The predicted molar refractivity (Wildman–Crippen MR) is 112 cm³/mol. The van der Waals surface area contributed by atoms with Gasteiger partial charge in [-0.05, 0) is 5.56 Å². The van der Waals surface area contributed by atoms with E-state index in [1.165, 1.54) is 0 Å². The highest BCUT2D eigenvalue weighted by Crippen LogP contribution is 2.55. The lowest BCUT2D eigenvalue weighted by Crippen LogP contribution is -2.36. The van der Waals surface area contributed by atoms with E-state index in [0.717, 1.165) is 5.56 Å². The minimum Gasteiger partial charge on any atom is -0.387 e. The van der Waals surface area contributed by atoms with Crippen molar-refractivity contribution < 1.29 is 52.5 Å². The molecular weight excluding hydrogens is 503 g/mol. The smallest absolute Gasteiger partial charge is 0.351 e. The highest BCUT2D eigenvalue weighted by Gasteiger charge is 2.45. The number of ether oxygens (including phenoxy) is 1. The van der Waals surface area contributed by atoms with E-state index in [2.05, 4.69) is 15.0 Å². The molecule has 3 rings (SSSR count). The van der Waals surface area contributed by atoms with Crippen LogP contribution in [0.25, 0.3) is 0 Å². The SMILES string of the molecule is O=c1nc(NOCc2ccccc2)c(F)cn1[C@@H]1O[C@H](COP(=O)(O)CP(=O)(O)O)[C@H](O)C1O. The Morgan fingerprint density at radius 1 is 1.15 bits per heavy atom. The van der Waals surface area contributed by atoms with Gasteiger partial charge in [-0.1, -0.05) is 30.3 Å². The largest absolute Gasteiger partial charge is 0.387 e. The van der Waals surface area contributed by atoms with E-state index in [9.17, 15) is 33.4 Å². The average Bonchev–Trinajstić information content (AvgIpc) is 3.02. The predicted octanol–water partition coefficient (Wildman–Crippen LogP) is -0.117. The first-order chi connectivity index (χ1) is 15.9. The van der Waals surface area contributed by atoms with Gasteiger partial charge < -0.3 is 34.2 Å². The van der Waals surface area contributed by atoms with Gasteiger partial charge in [0.15, 0.2) is 23.8 Å². The van der Waals surface area contributed by atoms with E-state index >= 15 is 0 Å². The minimum absolute atomic E-state index is 0.0418. The summed E-state index contributed by atoms with van der Waals surface area (Å²) in [5, 5.41) is 20.3. The van der Waals surface area contributed by atoms with E-state index < -0.39 is 69.6 Å². The standard InChI is InChI=1S/C17H22FN3O11P2/c18-11-6-21(17(24)19-15(11)20-30-7-10-4-2-1-3-5-10)16-14(23)13(22)12(32-16)8-31-34(28,29)9-33(25,26)27/h1-6,12-14,16,22-23H,7-9H2,(H,28,29)(H,19,20,24)(H2,25,26,27)/t12-,13+,14?,16-/m1/s1. The molecule has 14 nitrogen and oxygen atoms in total. The molecule has 0 spiro atoms. The van der Waals surface area contributed by atoms with Crippen LogP contribution in [0.3, 0.4) is 0 Å². The third-order valence-electron chi connectivity index (χ3n) is 4.57. The minimum atomic E-state index is -4.88. The molecule has 1 saturated heterocycles. The van der Waals surface area contributed by atoms with Crippen LogP contribution >= 0.6 is 15.2 Å². The zero-order chi connectivity index (χ0) is 25.1. The summed E-state index contributed by atoms with van der Waals surface area (Å²) in [4.78, 5) is 48.1. The second kappa shape index (κ2) is 10.7. The lowest BCUT2D eigenvalue weighted by Gasteiger charge is -2.18. The fourth-order valence-corrected chi connectivity index (χ4v) is 5.59. The summed E-state index contributed by atoms with van der Waals surface area (Å²) in [6, 6.07) is 8.87. The molecule has 5 atom stereocenters. The Bertz CT molecular complexity index is 1150. The quantitative estimate of drug-likeness (QED) is 0.177. The number of aromatic nitrogens is 2. The van der Waals surface area contributed by atoms with Crippen LogP contribution in [0.4, 0.5) is 10.2 Å². The second-order valence-corrected chi connectivity index (χ2v) is 11.3. The lowest BCUT2D eigenvalue weighted by molar-refractivity contribution is -0.0528. The number of anilines is 1. The molecule has 17 heteroatoms. The fourth-order valence-electron chi connectivity index (χ4n) is 3.02. The van der Waals surface area contributed by atoms with Crippen LogP contribution in [0.15, 0.2) is 41.3 Å². The van der Waals surface area contributed by atoms with Crippen LogP contribution in [0.5, 0.6) is 0 Å². The number of aliphatic hydroxyl groups is 2. The molecule has 6 N–H and O–H groups in total. The van der Waals surface area contributed by atoms with Crippen molar-refractivity contribution in [2.45, 2.75) is 31.1 Å². The van der Waals surface area contributed by atoms with Gasteiger partial charge >= 0.3 is 20.9 Å². The summed E-state index contributed by atoms with van der Waals surface area (Å²) in [5.74, 6) is -3.06. The molecule has 0 radical (unpaired) electrons. The van der Waals surface area contributed by atoms with Crippen LogP contribution in [0.2, 0.25) is 0 Å². The van der Waals surface area contributed by atoms with Crippen LogP contribution in [-0.2, 0) is 29.8 Å². The molecule has 0 bridgehead atoms. The third-order valence-corrected chi connectivity index (χ3v) is 8.03. The molecule has 188 valence electrons. The van der Waals surface area contributed by atoms with Crippen molar-refractivity contribution in [2.75, 3.05) is 18.0 Å². The van der Waals surface area contributed by atoms with Gasteiger partial charge in [0.1, 0.15) is 18.3 Å². The van der Waals surface area contributed by atoms with Gasteiger partial charge in [0.25, 0.3) is 0 Å². The van der Waals surface area contributed by atoms with Crippen LogP contribution in [0.1, 0.15) is 11.8 Å². The average molecular weight is 525 g/mol. The summed E-state index contributed by atoms with van der Waals surface area (Å²) < 4.78 is 47.5. The van der Waals surface area contributed by atoms with Crippen molar-refractivity contribution in [2.24, 2.45) is 0 Å². The number of hydrogen-bond donors (Lipinski definition) is 6. The first kappa shape index (κ1) is 26.6. The zero-order valence-electron chi connectivity index (χ0n) is 17.2. The van der Waals surface area contributed by atoms with E-state index in [0.29, 0.717) is 10.8 Å². The van der Waals surface area contributed by atoms with Crippen molar-refractivity contribution in [3.63, 3.8) is 0 Å². The van der Waals surface area contributed by atoms with Gasteiger partial charge in [-0.3, -0.25) is 18.5 Å². The number of nitrogens with zero attached hydrogens (tertiary/aromatic N) is 2. The second-order valence-electron chi connectivity index (χ2n) is 7.29. The van der Waals surface area contributed by atoms with Crippen molar-refractivity contribution in [1.29, 1.82) is 0 Å². The Morgan fingerprint density at radius 3 is 2.47 bits per heavy atom. The van der Waals surface area contributed by atoms with Gasteiger partial charge in [0.05, 0.1) is 19.4 Å². The Morgan fingerprint density at radius 2 is 1.82 bits per heavy atom. The molecule has 1 aromatic carbocycles. The Balaban J connectivity index is 1.65. The van der Waals surface area contributed by atoms with Gasteiger partial charge in [-0.25, -0.2) is 14.7 Å². The first-order valence-corrected chi connectivity index (χ1v) is 13.2. The van der Waals surface area contributed by atoms with Crippen LogP contribution in [0, 0.1) is 5.82 Å². The molecule has 0 saturated carbocycles. The third kappa shape index (κ3) is 6.99. The van der Waals surface area contributed by atoms with Crippen LogP contribution < -0.4 is 11.2 Å². The molecule has 0 aliphatic carbocycles. The van der Waals surface area contributed by atoms with Crippen LogP contribution in [-0.4, -0.2) is 65.3 Å². The molecule has 0 amide bonds. The number of benzene rings is 1. The van der Waals surface area contributed by atoms with Gasteiger partial charge in [-0.15, -0.1) is 0 Å². The maximum Gasteiger partial charge on any atom is 0.351 e. The Labute approximate surface area is 191 Å². The molecule has 2 aromatic rings. The summed E-state index contributed by atoms with van der Waals surface area (Å²) >= 11 is 0. The molecule has 1 fully saturated rings. The first-order valence-electron chi connectivity index (χ1n) is 9.59. The van der Waals surface area contributed by atoms with Crippen molar-refractivity contribution >= 4 is 21.0 Å². The van der Waals surface area contributed by atoms with Gasteiger partial charge in [0, 0.05) is 0 Å². The molecule has 2 unspecified atom stereocenters. The molecule has 1 aliphatic rings. The molecule has 1 aromatic heterocycles. The molecule has 2 heterocycles. The lowest BCUT2D eigenvalue weighted by atomic mass is 10.1. The summed E-state index contributed by atoms with van der Waals surface area (Å²) in [6.07, 6.45) is -6.02. The number of halogens is 1. The highest BCUT2D eigenvalue weighted by atomic mass is 31.2. The summed E-state index contributed by atoms with van der Waals surface area (Å²) in [6.45, 7) is -0.819. The number of rotatable bonds is 10. The maximum absolute atomic E-state index is 14.5. The maximum atomic E-state index is 14.5. The summed E-state index contributed by atoms with van der Waals surface area (Å²) in [5.41, 5.74) is 1.89. The van der Waals surface area contributed by atoms with E-state index in [-0.39, 0.29) is 6.61 Å². The normalized spacial score (nSPS) is 24.6. The summed E-state index contributed by atoms with van der Waals surface area (Å²) in [7, 11) is -9.64. The van der Waals surface area contributed by atoms with Crippen molar-refractivity contribution in [3.05, 3.63) is 58.4 Å². The molecular formula is C17H22FN3O11P2. The van der Waals surface area contributed by atoms with E-state index in [4.69, 9.17) is 19.4 Å². The zero-order valence-corrected chi connectivity index (χ0v) is 19.0. The topological polar surface area (TPSA) is 210 Å². The number of hydrogen-bond acceptors (Lipinski definition) is 10. The Hall–Kier alpha value is -2.03. The molecule has 1 aliphatic heterocycles. The van der Waals surface area contributed by atoms with E-state index in [1.807, 2.05) is 0 Å². The van der Waals surface area contributed by atoms with Gasteiger partial charge in [0.2, 0.25) is 0 Å². The van der Waals surface area contributed by atoms with Gasteiger partial charge in [-0.2, -0.15) is 4.98 Å². The Kier molecular flexibility index (Phi) is 8.37. The monoisotopic (exact) mass is 525 g/mol. The number of aliphatic hydroxyl groups excluding tert-OH is 2. The number of nitrogens with one attached hydrogen (secondary N) is 1. The van der Waals surface area contributed by atoms with Crippen molar-refractivity contribution in [3.8, 4) is 0 Å². The molecule has 34 heavy (non-hydrogen) atoms. The highest BCUT2D eigenvalue weighted by molar-refractivity contribution is 7.70.